The quantitative estimate of drug-likeness (QED) is 0.243. The van der Waals surface area contributed by atoms with Crippen LogP contribution in [0.2, 0.25) is 0 Å². The van der Waals surface area contributed by atoms with Gasteiger partial charge >= 0.3 is 5.97 Å². The molecule has 1 atom stereocenters. The van der Waals surface area contributed by atoms with Gasteiger partial charge < -0.3 is 15.2 Å². The van der Waals surface area contributed by atoms with Crippen LogP contribution >= 0.6 is 11.3 Å². The molecule has 0 fully saturated rings. The first-order valence-corrected chi connectivity index (χ1v) is 10.6. The van der Waals surface area contributed by atoms with Gasteiger partial charge in [0.05, 0.1) is 28.6 Å². The van der Waals surface area contributed by atoms with E-state index in [1.807, 2.05) is 0 Å². The number of nitro groups is 1. The fourth-order valence-electron chi connectivity index (χ4n) is 3.77. The van der Waals surface area contributed by atoms with Crippen molar-refractivity contribution in [1.82, 2.24) is 4.90 Å². The van der Waals surface area contributed by atoms with Crippen LogP contribution in [0.5, 0.6) is 0 Å². The van der Waals surface area contributed by atoms with Crippen molar-refractivity contribution in [3.63, 3.8) is 0 Å². The number of amides is 2. The second-order valence-electron chi connectivity index (χ2n) is 8.69. The van der Waals surface area contributed by atoms with Crippen molar-refractivity contribution in [3.8, 4) is 0 Å². The Morgan fingerprint density at radius 1 is 1.28 bits per heavy atom. The number of benzene rings is 1. The number of esters is 1. The molecule has 2 aliphatic heterocycles. The summed E-state index contributed by atoms with van der Waals surface area (Å²) in [4.78, 5) is 52.1. The zero-order chi connectivity index (χ0) is 23.4. The zero-order valence-corrected chi connectivity index (χ0v) is 18.5. The summed E-state index contributed by atoms with van der Waals surface area (Å²) in [6, 6.07) is 5.50. The predicted octanol–water partition coefficient (Wildman–Crippen LogP) is 2.57. The molecule has 32 heavy (non-hydrogen) atoms. The highest BCUT2D eigenvalue weighted by Gasteiger charge is 2.56. The van der Waals surface area contributed by atoms with Gasteiger partial charge in [-0.25, -0.2) is 4.79 Å². The van der Waals surface area contributed by atoms with E-state index >= 15 is 0 Å². The van der Waals surface area contributed by atoms with E-state index in [4.69, 9.17) is 15.2 Å². The van der Waals surface area contributed by atoms with Crippen LogP contribution in [0.3, 0.4) is 0 Å². The number of rotatable bonds is 3. The number of anilines is 1. The van der Waals surface area contributed by atoms with Gasteiger partial charge in [0.1, 0.15) is 5.60 Å². The molecule has 4 rings (SSSR count). The van der Waals surface area contributed by atoms with Gasteiger partial charge in [0.15, 0.2) is 0 Å². The maximum Gasteiger partial charge on any atom is 0.349 e. The average Bonchev–Trinajstić information content (AvgIpc) is 3.23. The van der Waals surface area contributed by atoms with E-state index in [0.29, 0.717) is 16.1 Å². The molecule has 1 aromatic carbocycles. The summed E-state index contributed by atoms with van der Waals surface area (Å²) in [5.74, 6) is -2.50. The zero-order valence-electron chi connectivity index (χ0n) is 17.7. The third-order valence-electron chi connectivity index (χ3n) is 5.23. The molecule has 0 bridgehead atoms. The van der Waals surface area contributed by atoms with Crippen molar-refractivity contribution in [2.24, 2.45) is 0 Å². The number of carbonyl (C=O) groups excluding carboxylic acids is 3. The molecule has 2 N–H and O–H groups in total. The summed E-state index contributed by atoms with van der Waals surface area (Å²) in [5.41, 5.74) is 3.82. The summed E-state index contributed by atoms with van der Waals surface area (Å²) in [6.45, 7) is 4.82. The number of nitrogens with zero attached hydrogens (tertiary/aromatic N) is 2. The van der Waals surface area contributed by atoms with Gasteiger partial charge in [-0.15, -0.1) is 11.3 Å². The molecule has 1 unspecified atom stereocenters. The summed E-state index contributed by atoms with van der Waals surface area (Å²) in [7, 11) is 0. The Labute approximate surface area is 187 Å². The first-order chi connectivity index (χ1) is 14.9. The van der Waals surface area contributed by atoms with Crippen LogP contribution in [0.15, 0.2) is 24.3 Å². The largest absolute Gasteiger partial charge is 0.457 e. The van der Waals surface area contributed by atoms with Crippen LogP contribution in [0, 0.1) is 10.1 Å². The van der Waals surface area contributed by atoms with Gasteiger partial charge in [0.25, 0.3) is 17.5 Å². The molecule has 0 saturated carbocycles. The van der Waals surface area contributed by atoms with Crippen LogP contribution in [0.1, 0.15) is 47.1 Å². The van der Waals surface area contributed by atoms with Gasteiger partial charge in [-0.1, -0.05) is 0 Å². The van der Waals surface area contributed by atoms with E-state index < -0.39 is 33.9 Å². The highest BCUT2D eigenvalue weighted by molar-refractivity contribution is 7.16. The average molecular weight is 459 g/mol. The molecule has 11 heteroatoms. The van der Waals surface area contributed by atoms with Gasteiger partial charge in [0, 0.05) is 23.4 Å². The molecule has 2 aliphatic rings. The number of nitro benzene ring substituents is 1. The second kappa shape index (κ2) is 7.38. The lowest BCUT2D eigenvalue weighted by atomic mass is 9.90. The molecule has 3 heterocycles. The van der Waals surface area contributed by atoms with Crippen molar-refractivity contribution >= 4 is 39.8 Å². The van der Waals surface area contributed by atoms with E-state index in [0.717, 1.165) is 15.8 Å². The van der Waals surface area contributed by atoms with Crippen LogP contribution in [-0.2, 0) is 38.6 Å². The minimum atomic E-state index is -2.07. The number of fused-ring (bicyclic) bond motifs is 2. The number of ether oxygens (including phenoxy) is 2. The molecule has 10 nitrogen and oxygen atoms in total. The van der Waals surface area contributed by atoms with Crippen LogP contribution in [0.4, 0.5) is 10.7 Å². The van der Waals surface area contributed by atoms with Gasteiger partial charge in [-0.2, -0.15) is 0 Å². The number of nitrogen functional groups attached to an aromatic ring is 1. The monoisotopic (exact) mass is 459 g/mol. The van der Waals surface area contributed by atoms with E-state index in [1.54, 1.807) is 26.8 Å². The summed E-state index contributed by atoms with van der Waals surface area (Å²) in [5, 5.41) is 11.6. The predicted molar refractivity (Wildman–Crippen MR) is 114 cm³/mol. The first-order valence-electron chi connectivity index (χ1n) is 9.79. The Morgan fingerprint density at radius 3 is 2.66 bits per heavy atom. The normalized spacial score (nSPS) is 20.0. The third-order valence-corrected chi connectivity index (χ3v) is 6.21. The van der Waals surface area contributed by atoms with Crippen LogP contribution < -0.4 is 5.73 Å². The first kappa shape index (κ1) is 21.9. The number of non-ortho nitro benzene ring substituents is 1. The molecule has 1 aromatic heterocycles. The topological polar surface area (TPSA) is 142 Å². The molecule has 0 radical (unpaired) electrons. The molecule has 168 valence electrons. The Bertz CT molecular complexity index is 1170. The lowest BCUT2D eigenvalue weighted by Gasteiger charge is -2.37. The maximum atomic E-state index is 13.7. The number of carbonyl (C=O) groups is 3. The van der Waals surface area contributed by atoms with Crippen LogP contribution in [-0.4, -0.2) is 38.8 Å². The lowest BCUT2D eigenvalue weighted by molar-refractivity contribution is -0.384. The number of nitrogens with two attached hydrogens (primary N) is 1. The summed E-state index contributed by atoms with van der Waals surface area (Å²) < 4.78 is 11.3. The van der Waals surface area contributed by atoms with Crippen molar-refractivity contribution < 1.29 is 28.8 Å². The Balaban J connectivity index is 1.72. The Morgan fingerprint density at radius 2 is 2.00 bits per heavy atom. The number of imide groups is 1. The Hall–Kier alpha value is -3.31. The van der Waals surface area contributed by atoms with Crippen molar-refractivity contribution in [3.05, 3.63) is 55.9 Å². The smallest absolute Gasteiger partial charge is 0.349 e. The lowest BCUT2D eigenvalue weighted by Crippen LogP contribution is -2.60. The minimum Gasteiger partial charge on any atom is -0.457 e. The van der Waals surface area contributed by atoms with Crippen molar-refractivity contribution in [2.75, 3.05) is 5.73 Å². The van der Waals surface area contributed by atoms with Gasteiger partial charge in [0.2, 0.25) is 5.60 Å². The minimum absolute atomic E-state index is 0.0391. The molecule has 2 aromatic rings. The van der Waals surface area contributed by atoms with E-state index in [2.05, 4.69) is 0 Å². The Kier molecular flexibility index (Phi) is 5.05. The van der Waals surface area contributed by atoms with Crippen LogP contribution in [0.25, 0.3) is 0 Å². The summed E-state index contributed by atoms with van der Waals surface area (Å²) in [6.07, 6.45) is -0.135. The van der Waals surface area contributed by atoms with E-state index in [9.17, 15) is 24.5 Å². The highest BCUT2D eigenvalue weighted by atomic mass is 32.1. The fraction of sp³-hybridized carbons (Fsp3) is 0.381. The summed E-state index contributed by atoms with van der Waals surface area (Å²) >= 11 is 1.30. The number of hydrogen-bond acceptors (Lipinski definition) is 9. The number of hydrogen-bond donors (Lipinski definition) is 1. The molecule has 0 saturated heterocycles. The van der Waals surface area contributed by atoms with Gasteiger partial charge in [-0.05, 0) is 44.0 Å². The molecule has 0 spiro atoms. The molecule has 0 aliphatic carbocycles. The van der Waals surface area contributed by atoms with Gasteiger partial charge in [-0.3, -0.25) is 24.6 Å². The maximum absolute atomic E-state index is 13.7. The molecular formula is C21H21N3O7S. The van der Waals surface area contributed by atoms with Crippen molar-refractivity contribution in [1.29, 1.82) is 0 Å². The highest BCUT2D eigenvalue weighted by Crippen LogP contribution is 2.39. The van der Waals surface area contributed by atoms with Crippen molar-refractivity contribution in [2.45, 2.75) is 51.5 Å². The second-order valence-corrected chi connectivity index (χ2v) is 9.85. The van der Waals surface area contributed by atoms with E-state index in [1.165, 1.54) is 23.5 Å². The molecular weight excluding hydrogens is 438 g/mol. The number of thiophene rings is 1. The fourth-order valence-corrected chi connectivity index (χ4v) is 4.64. The SMILES string of the molecule is CC(C)(C)OC(=O)C1(C(=O)N2Cc3ccc([N+](=O)[O-])cc3C2=O)Cc2cc(N)sc2CO1. The van der Waals surface area contributed by atoms with E-state index in [-0.39, 0.29) is 30.8 Å². The standard InChI is InChI=1S/C21H21N3O7S/c1-20(2,3)31-19(27)21(8-12-6-16(22)32-15(12)10-30-21)18(26)23-9-11-4-5-13(24(28)29)7-14(11)17(23)25/h4-7H,8-10,22H2,1-3H3. The third kappa shape index (κ3) is 3.63. The molecule has 2 amide bonds.